The van der Waals surface area contributed by atoms with Gasteiger partial charge in [-0.25, -0.2) is 0 Å². The summed E-state index contributed by atoms with van der Waals surface area (Å²) in [5.41, 5.74) is -0.835. The number of ether oxygens (including phenoxy) is 1. The van der Waals surface area contributed by atoms with E-state index >= 15 is 0 Å². The number of carbonyl (C=O) groups is 2. The molecule has 0 aromatic heterocycles. The fraction of sp³-hybridized carbons (Fsp3) is 0.467. The number of hydrogen-bond acceptors (Lipinski definition) is 3. The molecule has 1 unspecified atom stereocenters. The van der Waals surface area contributed by atoms with Gasteiger partial charge in [0.15, 0.2) is 0 Å². The summed E-state index contributed by atoms with van der Waals surface area (Å²) in [4.78, 5) is 24.1. The molecule has 0 heterocycles. The minimum atomic E-state index is -3.25. The van der Waals surface area contributed by atoms with Crippen LogP contribution in [0.4, 0.5) is 0 Å². The molecule has 19 heavy (non-hydrogen) atoms. The number of nitrogens with one attached hydrogen (secondary N) is 1. The molecule has 4 nitrogen and oxygen atoms in total. The Bertz CT molecular complexity index is 822. The van der Waals surface area contributed by atoms with Crippen molar-refractivity contribution in [2.45, 2.75) is 26.8 Å². The Morgan fingerprint density at radius 3 is 3.05 bits per heavy atom. The van der Waals surface area contributed by atoms with Gasteiger partial charge in [-0.3, -0.25) is 4.79 Å². The van der Waals surface area contributed by atoms with Crippen molar-refractivity contribution >= 4 is 11.7 Å². The lowest BCUT2D eigenvalue weighted by Gasteiger charge is -2.14. The summed E-state index contributed by atoms with van der Waals surface area (Å²) in [5, 5.41) is 1.78. The van der Waals surface area contributed by atoms with Gasteiger partial charge < -0.3 is 14.8 Å². The van der Waals surface area contributed by atoms with Crippen LogP contribution < -0.4 is 5.32 Å². The summed E-state index contributed by atoms with van der Waals surface area (Å²) in [6.45, 7) is -3.85. The first kappa shape index (κ1) is 5.75. The van der Waals surface area contributed by atoms with E-state index in [2.05, 4.69) is 4.74 Å². The molecule has 0 bridgehead atoms. The average molecular weight is 274 g/mol. The van der Waals surface area contributed by atoms with Crippen LogP contribution in [-0.2, 0) is 20.8 Å². The Morgan fingerprint density at radius 2 is 2.37 bits per heavy atom. The fourth-order valence-electron chi connectivity index (χ4n) is 1.26. The van der Waals surface area contributed by atoms with E-state index in [0.29, 0.717) is 0 Å². The lowest BCUT2D eigenvalue weighted by Crippen LogP contribution is -2.33. The maximum Gasteiger partial charge on any atom is 0.226 e. The molecule has 1 rings (SSSR count). The highest BCUT2D eigenvalue weighted by Crippen LogP contribution is 2.07. The standard InChI is InChI=1S/C15H21NO3/c1-11-5-4-6-13(7-11)9-16-15(18)14(10-19-3)8-12(2)17/h4-7,14H,8-10H2,1-3H3,(H,16,18)/i3D3,4D,5D,6D,7D,9D2,10D2. The highest BCUT2D eigenvalue weighted by atomic mass is 16.5. The zero-order chi connectivity index (χ0) is 23.8. The van der Waals surface area contributed by atoms with Gasteiger partial charge in [0.1, 0.15) is 5.78 Å². The summed E-state index contributed by atoms with van der Waals surface area (Å²) in [6.07, 6.45) is -0.805. The van der Waals surface area contributed by atoms with E-state index in [-0.39, 0.29) is 5.56 Å². The minimum Gasteiger partial charge on any atom is -0.384 e. The molecule has 0 saturated carbocycles. The van der Waals surface area contributed by atoms with E-state index in [1.165, 1.54) is 6.92 Å². The Kier molecular flexibility index (Phi) is 2.33. The molecule has 1 aromatic rings. The molecule has 0 saturated heterocycles. The predicted octanol–water partition coefficient (Wildman–Crippen LogP) is 1.85. The number of rotatable bonds is 7. The van der Waals surface area contributed by atoms with Crippen LogP contribution in [0.5, 0.6) is 0 Å². The molecule has 4 heteroatoms. The first-order valence-electron chi connectivity index (χ1n) is 10.9. The lowest BCUT2D eigenvalue weighted by molar-refractivity contribution is -0.130. The number of methoxy groups -OCH3 is 1. The van der Waals surface area contributed by atoms with Crippen molar-refractivity contribution in [2.24, 2.45) is 5.92 Å². The van der Waals surface area contributed by atoms with Gasteiger partial charge in [-0.2, -0.15) is 0 Å². The van der Waals surface area contributed by atoms with E-state index in [1.807, 2.05) is 0 Å². The highest BCUT2D eigenvalue weighted by Gasteiger charge is 2.19. The molecule has 104 valence electrons. The van der Waals surface area contributed by atoms with Gasteiger partial charge in [-0.15, -0.1) is 0 Å². The van der Waals surface area contributed by atoms with Crippen molar-refractivity contribution in [1.82, 2.24) is 5.32 Å². The Hall–Kier alpha value is -1.68. The van der Waals surface area contributed by atoms with Crippen molar-refractivity contribution in [1.29, 1.82) is 0 Å². The van der Waals surface area contributed by atoms with Gasteiger partial charge in [0.2, 0.25) is 5.91 Å². The minimum absolute atomic E-state index is 0.106. The van der Waals surface area contributed by atoms with Gasteiger partial charge in [0.25, 0.3) is 0 Å². The van der Waals surface area contributed by atoms with Crippen molar-refractivity contribution in [3.05, 3.63) is 35.3 Å². The molecule has 1 aromatic carbocycles. The van der Waals surface area contributed by atoms with E-state index < -0.39 is 73.9 Å². The summed E-state index contributed by atoms with van der Waals surface area (Å²) < 4.78 is 88.4. The van der Waals surface area contributed by atoms with Gasteiger partial charge >= 0.3 is 0 Å². The van der Waals surface area contributed by atoms with E-state index in [0.717, 1.165) is 6.92 Å². The molecular formula is C15H21NO3. The number of amides is 1. The molecule has 0 spiro atoms. The molecule has 0 aliphatic rings. The zero-order valence-electron chi connectivity index (χ0n) is 21.5. The van der Waals surface area contributed by atoms with Crippen LogP contribution in [0.15, 0.2) is 24.2 Å². The second-order valence-electron chi connectivity index (χ2n) is 3.79. The quantitative estimate of drug-likeness (QED) is 0.825. The third kappa shape index (κ3) is 5.66. The highest BCUT2D eigenvalue weighted by molar-refractivity contribution is 5.85. The molecule has 1 amide bonds. The first-order valence-corrected chi connectivity index (χ1v) is 5.41. The van der Waals surface area contributed by atoms with Crippen LogP contribution in [0.1, 0.15) is 39.5 Å². The maximum absolute atomic E-state index is 12.6. The van der Waals surface area contributed by atoms with E-state index in [4.69, 9.17) is 15.1 Å². The summed E-state index contributed by atoms with van der Waals surface area (Å²) in [5.74, 6) is -4.18. The normalized spacial score (nSPS) is 22.5. The summed E-state index contributed by atoms with van der Waals surface area (Å²) in [7, 11) is -3.25. The van der Waals surface area contributed by atoms with Gasteiger partial charge in [-0.05, 0) is 19.4 Å². The van der Waals surface area contributed by atoms with E-state index in [1.54, 1.807) is 5.32 Å². The summed E-state index contributed by atoms with van der Waals surface area (Å²) in [6, 6.07) is -2.53. The van der Waals surface area contributed by atoms with Crippen molar-refractivity contribution < 1.29 is 29.4 Å². The van der Waals surface area contributed by atoms with Crippen molar-refractivity contribution in [2.75, 3.05) is 13.6 Å². The number of hydrogen-bond donors (Lipinski definition) is 1. The predicted molar refractivity (Wildman–Crippen MR) is 73.7 cm³/mol. The van der Waals surface area contributed by atoms with Crippen LogP contribution in [0, 0.1) is 12.8 Å². The van der Waals surface area contributed by atoms with Crippen LogP contribution in [0.3, 0.4) is 0 Å². The van der Waals surface area contributed by atoms with Crippen molar-refractivity contribution in [3.63, 3.8) is 0 Å². The van der Waals surface area contributed by atoms with Crippen LogP contribution >= 0.6 is 0 Å². The number of carbonyl (C=O) groups excluding carboxylic acids is 2. The van der Waals surface area contributed by atoms with Gasteiger partial charge in [0, 0.05) is 20.0 Å². The van der Waals surface area contributed by atoms with Gasteiger partial charge in [-0.1, -0.05) is 29.7 Å². The number of ketones is 1. The average Bonchev–Trinajstić information content (AvgIpc) is 2.53. The van der Waals surface area contributed by atoms with E-state index in [9.17, 15) is 9.59 Å². The lowest BCUT2D eigenvalue weighted by atomic mass is 10.0. The first-order chi connectivity index (χ1) is 13.3. The largest absolute Gasteiger partial charge is 0.384 e. The van der Waals surface area contributed by atoms with Gasteiger partial charge in [0.05, 0.1) is 27.6 Å². The van der Waals surface area contributed by atoms with Crippen LogP contribution in [0.25, 0.3) is 0 Å². The smallest absolute Gasteiger partial charge is 0.226 e. The monoisotopic (exact) mass is 274 g/mol. The topological polar surface area (TPSA) is 55.4 Å². The van der Waals surface area contributed by atoms with Crippen LogP contribution in [-0.4, -0.2) is 25.3 Å². The molecule has 1 atom stereocenters. The SMILES string of the molecule is [2H]c1c([2H])c(C)c([2H])c(C([2H])([2H])NC(=O)C(CC(C)=O)C([2H])([2H])OC([2H])([2H])[2H])c1[2H]. The summed E-state index contributed by atoms with van der Waals surface area (Å²) >= 11 is 0. The van der Waals surface area contributed by atoms with Crippen LogP contribution in [0.2, 0.25) is 0 Å². The number of benzene rings is 1. The second kappa shape index (κ2) is 7.69. The molecule has 1 N–H and O–H groups in total. The Labute approximate surface area is 129 Å². The maximum atomic E-state index is 12.6. The third-order valence-corrected chi connectivity index (χ3v) is 2.07. The van der Waals surface area contributed by atoms with Crippen molar-refractivity contribution in [3.8, 4) is 0 Å². The molecule has 0 fully saturated rings. The fourth-order valence-corrected chi connectivity index (χ4v) is 1.26. The second-order valence-corrected chi connectivity index (χ2v) is 3.79. The third-order valence-electron chi connectivity index (χ3n) is 2.07. The zero-order valence-corrected chi connectivity index (χ0v) is 10.5. The Morgan fingerprint density at radius 1 is 1.58 bits per heavy atom. The molecule has 0 aliphatic heterocycles. The Balaban J connectivity index is 3.40. The molecular weight excluding hydrogens is 242 g/mol. The number of Topliss-reactive ketones (excluding diaryl/α,β-unsaturated/α-hetero) is 1. The molecule has 0 radical (unpaired) electrons. The molecule has 0 aliphatic carbocycles.